The van der Waals surface area contributed by atoms with Crippen LogP contribution in [-0.4, -0.2) is 55.0 Å². The third-order valence-corrected chi connectivity index (χ3v) is 4.39. The molecule has 5 nitrogen and oxygen atoms in total. The summed E-state index contributed by atoms with van der Waals surface area (Å²) in [6.07, 6.45) is 0. The zero-order valence-electron chi connectivity index (χ0n) is 14.4. The SMILES string of the molecule is N#Cc1cccc(C(=O)N2CCN(CCOc3ccc(F)cc3)CC2)c1. The molecule has 0 saturated carbocycles. The van der Waals surface area contributed by atoms with Gasteiger partial charge in [-0.1, -0.05) is 6.07 Å². The summed E-state index contributed by atoms with van der Waals surface area (Å²) in [7, 11) is 0. The topological polar surface area (TPSA) is 56.6 Å². The molecule has 0 spiro atoms. The fourth-order valence-electron chi connectivity index (χ4n) is 2.90. The smallest absolute Gasteiger partial charge is 0.253 e. The average molecular weight is 353 g/mol. The zero-order chi connectivity index (χ0) is 18.4. The number of hydrogen-bond donors (Lipinski definition) is 0. The molecule has 3 rings (SSSR count). The number of piperazine rings is 1. The Morgan fingerprint density at radius 2 is 1.85 bits per heavy atom. The summed E-state index contributed by atoms with van der Waals surface area (Å²) in [6, 6.07) is 14.8. The number of carbonyl (C=O) groups is 1. The van der Waals surface area contributed by atoms with E-state index in [1.54, 1.807) is 36.4 Å². The molecule has 2 aromatic carbocycles. The van der Waals surface area contributed by atoms with Crippen LogP contribution in [0.15, 0.2) is 48.5 Å². The molecule has 1 aliphatic rings. The summed E-state index contributed by atoms with van der Waals surface area (Å²) in [4.78, 5) is 16.6. The van der Waals surface area contributed by atoms with Crippen molar-refractivity contribution < 1.29 is 13.9 Å². The van der Waals surface area contributed by atoms with Crippen molar-refractivity contribution in [3.63, 3.8) is 0 Å². The maximum Gasteiger partial charge on any atom is 0.253 e. The fourth-order valence-corrected chi connectivity index (χ4v) is 2.90. The Labute approximate surface area is 152 Å². The van der Waals surface area contributed by atoms with Crippen molar-refractivity contribution in [1.29, 1.82) is 5.26 Å². The summed E-state index contributed by atoms with van der Waals surface area (Å²) in [6.45, 7) is 4.11. The maximum atomic E-state index is 12.9. The van der Waals surface area contributed by atoms with Gasteiger partial charge in [-0.05, 0) is 42.5 Å². The number of rotatable bonds is 5. The van der Waals surface area contributed by atoms with Crippen LogP contribution in [0.1, 0.15) is 15.9 Å². The number of carbonyl (C=O) groups excluding carboxylic acids is 1. The first-order valence-corrected chi connectivity index (χ1v) is 8.56. The van der Waals surface area contributed by atoms with Gasteiger partial charge in [0.25, 0.3) is 5.91 Å². The van der Waals surface area contributed by atoms with E-state index in [1.165, 1.54) is 12.1 Å². The largest absolute Gasteiger partial charge is 0.492 e. The summed E-state index contributed by atoms with van der Waals surface area (Å²) >= 11 is 0. The van der Waals surface area contributed by atoms with Crippen LogP contribution in [-0.2, 0) is 0 Å². The molecule has 1 saturated heterocycles. The molecule has 0 N–H and O–H groups in total. The fraction of sp³-hybridized carbons (Fsp3) is 0.300. The van der Waals surface area contributed by atoms with Crippen LogP contribution in [0.4, 0.5) is 4.39 Å². The summed E-state index contributed by atoms with van der Waals surface area (Å²) in [5.74, 6) is 0.334. The van der Waals surface area contributed by atoms with E-state index in [1.807, 2.05) is 4.90 Å². The molecule has 26 heavy (non-hydrogen) atoms. The lowest BCUT2D eigenvalue weighted by molar-refractivity contribution is 0.0620. The van der Waals surface area contributed by atoms with Gasteiger partial charge in [0, 0.05) is 38.3 Å². The Bertz CT molecular complexity index is 793. The Hall–Kier alpha value is -2.91. The van der Waals surface area contributed by atoms with Crippen LogP contribution in [0.2, 0.25) is 0 Å². The van der Waals surface area contributed by atoms with E-state index in [4.69, 9.17) is 10.00 Å². The highest BCUT2D eigenvalue weighted by atomic mass is 19.1. The molecule has 0 bridgehead atoms. The van der Waals surface area contributed by atoms with Gasteiger partial charge in [-0.15, -0.1) is 0 Å². The number of ether oxygens (including phenoxy) is 1. The average Bonchev–Trinajstić information content (AvgIpc) is 2.69. The third kappa shape index (κ3) is 4.58. The van der Waals surface area contributed by atoms with E-state index < -0.39 is 0 Å². The van der Waals surface area contributed by atoms with E-state index in [2.05, 4.69) is 11.0 Å². The predicted molar refractivity (Wildman–Crippen MR) is 95.4 cm³/mol. The van der Waals surface area contributed by atoms with Crippen molar-refractivity contribution in [1.82, 2.24) is 9.80 Å². The molecule has 6 heteroatoms. The molecular formula is C20H20FN3O2. The third-order valence-electron chi connectivity index (χ3n) is 4.39. The highest BCUT2D eigenvalue weighted by Gasteiger charge is 2.22. The van der Waals surface area contributed by atoms with Gasteiger partial charge in [0.05, 0.1) is 11.6 Å². The molecule has 1 heterocycles. The van der Waals surface area contributed by atoms with Crippen LogP contribution >= 0.6 is 0 Å². The Morgan fingerprint density at radius 3 is 2.54 bits per heavy atom. The van der Waals surface area contributed by atoms with Crippen LogP contribution in [0.3, 0.4) is 0 Å². The molecular weight excluding hydrogens is 333 g/mol. The minimum atomic E-state index is -0.279. The van der Waals surface area contributed by atoms with Gasteiger partial charge >= 0.3 is 0 Å². The summed E-state index contributed by atoms with van der Waals surface area (Å²) < 4.78 is 18.5. The molecule has 2 aromatic rings. The van der Waals surface area contributed by atoms with Gasteiger partial charge < -0.3 is 9.64 Å². The van der Waals surface area contributed by atoms with Crippen LogP contribution in [0.5, 0.6) is 5.75 Å². The van der Waals surface area contributed by atoms with E-state index in [0.717, 1.165) is 19.6 Å². The van der Waals surface area contributed by atoms with E-state index in [9.17, 15) is 9.18 Å². The molecule has 134 valence electrons. The summed E-state index contributed by atoms with van der Waals surface area (Å²) in [5, 5.41) is 8.96. The van der Waals surface area contributed by atoms with Gasteiger partial charge in [0.1, 0.15) is 18.2 Å². The monoisotopic (exact) mass is 353 g/mol. The number of benzene rings is 2. The highest BCUT2D eigenvalue weighted by Crippen LogP contribution is 2.12. The number of hydrogen-bond acceptors (Lipinski definition) is 4. The van der Waals surface area contributed by atoms with Gasteiger partial charge in [0.15, 0.2) is 0 Å². The van der Waals surface area contributed by atoms with Crippen molar-refractivity contribution >= 4 is 5.91 Å². The van der Waals surface area contributed by atoms with Gasteiger partial charge in [-0.25, -0.2) is 4.39 Å². The minimum Gasteiger partial charge on any atom is -0.492 e. The van der Waals surface area contributed by atoms with E-state index in [-0.39, 0.29) is 11.7 Å². The number of nitriles is 1. The standard InChI is InChI=1S/C20H20FN3O2/c21-18-4-6-19(7-5-18)26-13-12-23-8-10-24(11-9-23)20(25)17-3-1-2-16(14-17)15-22/h1-7,14H,8-13H2. The molecule has 0 aliphatic carbocycles. The lowest BCUT2D eigenvalue weighted by Crippen LogP contribution is -2.49. The van der Waals surface area contributed by atoms with Crippen LogP contribution < -0.4 is 4.74 Å². The molecule has 0 atom stereocenters. The van der Waals surface area contributed by atoms with Gasteiger partial charge in [-0.2, -0.15) is 5.26 Å². The van der Waals surface area contributed by atoms with Crippen molar-refractivity contribution in [3.8, 4) is 11.8 Å². The van der Waals surface area contributed by atoms with E-state index >= 15 is 0 Å². The van der Waals surface area contributed by atoms with Crippen molar-refractivity contribution in [2.75, 3.05) is 39.3 Å². The molecule has 0 radical (unpaired) electrons. The van der Waals surface area contributed by atoms with Crippen LogP contribution in [0.25, 0.3) is 0 Å². The van der Waals surface area contributed by atoms with Crippen molar-refractivity contribution in [3.05, 3.63) is 65.5 Å². The normalized spacial score (nSPS) is 14.7. The minimum absolute atomic E-state index is 0.0377. The molecule has 1 amide bonds. The van der Waals surface area contributed by atoms with Gasteiger partial charge in [-0.3, -0.25) is 9.69 Å². The zero-order valence-corrected chi connectivity index (χ0v) is 14.4. The highest BCUT2D eigenvalue weighted by molar-refractivity contribution is 5.94. The first-order chi connectivity index (χ1) is 12.7. The van der Waals surface area contributed by atoms with E-state index in [0.29, 0.717) is 36.6 Å². The number of halogens is 1. The summed E-state index contributed by atoms with van der Waals surface area (Å²) in [5.41, 5.74) is 1.05. The maximum absolute atomic E-state index is 12.9. The first-order valence-electron chi connectivity index (χ1n) is 8.56. The number of nitrogens with zero attached hydrogens (tertiary/aromatic N) is 3. The van der Waals surface area contributed by atoms with Crippen LogP contribution in [0, 0.1) is 17.1 Å². The predicted octanol–water partition coefficient (Wildman–Crippen LogP) is 2.53. The molecule has 0 unspecified atom stereocenters. The van der Waals surface area contributed by atoms with Crippen molar-refractivity contribution in [2.24, 2.45) is 0 Å². The lowest BCUT2D eigenvalue weighted by atomic mass is 10.1. The Kier molecular flexibility index (Phi) is 5.82. The second-order valence-corrected chi connectivity index (χ2v) is 6.13. The molecule has 0 aromatic heterocycles. The van der Waals surface area contributed by atoms with Gasteiger partial charge in [0.2, 0.25) is 0 Å². The first kappa shape index (κ1) is 17.9. The quantitative estimate of drug-likeness (QED) is 0.829. The second kappa shape index (κ2) is 8.45. The Balaban J connectivity index is 1.44. The second-order valence-electron chi connectivity index (χ2n) is 6.13. The lowest BCUT2D eigenvalue weighted by Gasteiger charge is -2.34. The Morgan fingerprint density at radius 1 is 1.12 bits per heavy atom. The number of amides is 1. The molecule has 1 fully saturated rings. The molecule has 1 aliphatic heterocycles. The van der Waals surface area contributed by atoms with Crippen molar-refractivity contribution in [2.45, 2.75) is 0 Å².